The molecule has 0 saturated carbocycles. The first-order valence-corrected chi connectivity index (χ1v) is 5.70. The van der Waals surface area contributed by atoms with Gasteiger partial charge < -0.3 is 10.6 Å². The third-order valence-electron chi connectivity index (χ3n) is 3.14. The topological polar surface area (TPSA) is 46.3 Å². The molecule has 86 valence electrons. The van der Waals surface area contributed by atoms with Crippen molar-refractivity contribution in [1.29, 1.82) is 0 Å². The second kappa shape index (κ2) is 4.26. The molecule has 0 aliphatic carbocycles. The van der Waals surface area contributed by atoms with Gasteiger partial charge in [0.25, 0.3) is 5.91 Å². The van der Waals surface area contributed by atoms with Crippen LogP contribution in [0.15, 0.2) is 18.2 Å². The van der Waals surface area contributed by atoms with Crippen molar-refractivity contribution in [2.45, 2.75) is 26.3 Å². The van der Waals surface area contributed by atoms with Gasteiger partial charge in [0, 0.05) is 24.7 Å². The van der Waals surface area contributed by atoms with E-state index in [4.69, 9.17) is 5.73 Å². The number of carbonyl (C=O) groups excluding carboxylic acids is 1. The molecular weight excluding hydrogens is 200 g/mol. The molecule has 1 fully saturated rings. The van der Waals surface area contributed by atoms with Crippen LogP contribution < -0.4 is 5.73 Å². The quantitative estimate of drug-likeness (QED) is 0.776. The highest BCUT2D eigenvalue weighted by Gasteiger charge is 2.25. The molecule has 2 rings (SSSR count). The smallest absolute Gasteiger partial charge is 0.254 e. The predicted molar refractivity (Wildman–Crippen MR) is 64.4 cm³/mol. The number of rotatable bonds is 1. The van der Waals surface area contributed by atoms with E-state index < -0.39 is 0 Å². The Morgan fingerprint density at radius 1 is 1.44 bits per heavy atom. The maximum atomic E-state index is 12.2. The van der Waals surface area contributed by atoms with Gasteiger partial charge in [-0.2, -0.15) is 0 Å². The highest BCUT2D eigenvalue weighted by Crippen LogP contribution is 2.16. The Morgan fingerprint density at radius 3 is 2.81 bits per heavy atom. The summed E-state index contributed by atoms with van der Waals surface area (Å²) in [6.07, 6.45) is 0.913. The van der Waals surface area contributed by atoms with Gasteiger partial charge in [-0.15, -0.1) is 0 Å². The molecular formula is C13H18N2O. The van der Waals surface area contributed by atoms with Crippen LogP contribution in [0, 0.1) is 13.8 Å². The van der Waals surface area contributed by atoms with Crippen molar-refractivity contribution in [3.63, 3.8) is 0 Å². The van der Waals surface area contributed by atoms with Crippen LogP contribution in [-0.4, -0.2) is 29.9 Å². The lowest BCUT2D eigenvalue weighted by Crippen LogP contribution is -2.32. The molecule has 1 atom stereocenters. The maximum Gasteiger partial charge on any atom is 0.254 e. The standard InChI is InChI=1S/C13H18N2O/c1-9-3-4-10(2)12(7-9)13(16)15-6-5-11(14)8-15/h3-4,7,11H,5-6,8,14H2,1-2H3/t11-/m1/s1. The first-order valence-electron chi connectivity index (χ1n) is 5.70. The summed E-state index contributed by atoms with van der Waals surface area (Å²) >= 11 is 0. The van der Waals surface area contributed by atoms with Crippen molar-refractivity contribution in [3.05, 3.63) is 34.9 Å². The molecule has 3 heteroatoms. The predicted octanol–water partition coefficient (Wildman–Crippen LogP) is 1.48. The molecule has 0 spiro atoms. The Labute approximate surface area is 96.2 Å². The average molecular weight is 218 g/mol. The van der Waals surface area contributed by atoms with Gasteiger partial charge in [0.05, 0.1) is 0 Å². The molecule has 1 saturated heterocycles. The van der Waals surface area contributed by atoms with Crippen molar-refractivity contribution in [3.8, 4) is 0 Å². The zero-order valence-electron chi connectivity index (χ0n) is 9.86. The van der Waals surface area contributed by atoms with Gasteiger partial charge in [0.2, 0.25) is 0 Å². The van der Waals surface area contributed by atoms with Crippen LogP contribution in [0.2, 0.25) is 0 Å². The molecule has 16 heavy (non-hydrogen) atoms. The normalized spacial score (nSPS) is 20.2. The Hall–Kier alpha value is -1.35. The molecule has 1 heterocycles. The lowest BCUT2D eigenvalue weighted by Gasteiger charge is -2.17. The van der Waals surface area contributed by atoms with E-state index in [0.29, 0.717) is 6.54 Å². The fourth-order valence-electron chi connectivity index (χ4n) is 2.11. The number of likely N-dealkylation sites (tertiary alicyclic amines) is 1. The van der Waals surface area contributed by atoms with Gasteiger partial charge in [-0.1, -0.05) is 17.7 Å². The number of hydrogen-bond acceptors (Lipinski definition) is 2. The Balaban J connectivity index is 2.23. The molecule has 1 aliphatic heterocycles. The third-order valence-corrected chi connectivity index (χ3v) is 3.14. The number of aryl methyl sites for hydroxylation is 2. The minimum absolute atomic E-state index is 0.120. The molecule has 1 aromatic carbocycles. The molecule has 1 aromatic rings. The first-order chi connectivity index (χ1) is 7.58. The summed E-state index contributed by atoms with van der Waals surface area (Å²) in [5, 5.41) is 0. The monoisotopic (exact) mass is 218 g/mol. The third kappa shape index (κ3) is 2.09. The van der Waals surface area contributed by atoms with Crippen LogP contribution in [0.25, 0.3) is 0 Å². The largest absolute Gasteiger partial charge is 0.337 e. The highest BCUT2D eigenvalue weighted by atomic mass is 16.2. The molecule has 2 N–H and O–H groups in total. The highest BCUT2D eigenvalue weighted by molar-refractivity contribution is 5.96. The summed E-state index contributed by atoms with van der Waals surface area (Å²) in [6, 6.07) is 6.14. The molecule has 0 unspecified atom stereocenters. The van der Waals surface area contributed by atoms with E-state index >= 15 is 0 Å². The van der Waals surface area contributed by atoms with Crippen LogP contribution >= 0.6 is 0 Å². The van der Waals surface area contributed by atoms with Crippen LogP contribution in [0.5, 0.6) is 0 Å². The summed E-state index contributed by atoms with van der Waals surface area (Å²) in [7, 11) is 0. The average Bonchev–Trinajstić information content (AvgIpc) is 2.67. The molecule has 0 aromatic heterocycles. The maximum absolute atomic E-state index is 12.2. The second-order valence-electron chi connectivity index (χ2n) is 4.62. The summed E-state index contributed by atoms with van der Waals surface area (Å²) in [5.74, 6) is 0.120. The van der Waals surface area contributed by atoms with Gasteiger partial charge in [0.1, 0.15) is 0 Å². The van der Waals surface area contributed by atoms with Crippen molar-refractivity contribution in [2.75, 3.05) is 13.1 Å². The summed E-state index contributed by atoms with van der Waals surface area (Å²) in [6.45, 7) is 5.45. The van der Waals surface area contributed by atoms with Crippen molar-refractivity contribution in [2.24, 2.45) is 5.73 Å². The number of nitrogens with zero attached hydrogens (tertiary/aromatic N) is 1. The van der Waals surface area contributed by atoms with Crippen molar-refractivity contribution >= 4 is 5.91 Å². The van der Waals surface area contributed by atoms with Crippen molar-refractivity contribution in [1.82, 2.24) is 4.90 Å². The van der Waals surface area contributed by atoms with Gasteiger partial charge in [0.15, 0.2) is 0 Å². The Kier molecular flexibility index (Phi) is 2.97. The first kappa shape index (κ1) is 11.1. The van der Waals surface area contributed by atoms with Gasteiger partial charge in [-0.05, 0) is 31.9 Å². The molecule has 0 bridgehead atoms. The van der Waals surface area contributed by atoms with Crippen LogP contribution in [0.4, 0.5) is 0 Å². The SMILES string of the molecule is Cc1ccc(C)c(C(=O)N2CC[C@@H](N)C2)c1. The fourth-order valence-corrected chi connectivity index (χ4v) is 2.11. The minimum atomic E-state index is 0.120. The van der Waals surface area contributed by atoms with Gasteiger partial charge >= 0.3 is 0 Å². The minimum Gasteiger partial charge on any atom is -0.337 e. The Bertz CT molecular complexity index is 414. The molecule has 1 aliphatic rings. The van der Waals surface area contributed by atoms with Gasteiger partial charge in [-0.25, -0.2) is 0 Å². The summed E-state index contributed by atoms with van der Waals surface area (Å²) in [5.41, 5.74) is 8.79. The fraction of sp³-hybridized carbons (Fsp3) is 0.462. The van der Waals surface area contributed by atoms with E-state index in [0.717, 1.165) is 29.7 Å². The van der Waals surface area contributed by atoms with E-state index in [9.17, 15) is 4.79 Å². The molecule has 1 amide bonds. The lowest BCUT2D eigenvalue weighted by molar-refractivity contribution is 0.0790. The molecule has 0 radical (unpaired) electrons. The van der Waals surface area contributed by atoms with E-state index in [1.165, 1.54) is 0 Å². The lowest BCUT2D eigenvalue weighted by atomic mass is 10.0. The second-order valence-corrected chi connectivity index (χ2v) is 4.62. The number of hydrogen-bond donors (Lipinski definition) is 1. The zero-order chi connectivity index (χ0) is 11.7. The molecule has 3 nitrogen and oxygen atoms in total. The van der Waals surface area contributed by atoms with Crippen LogP contribution in [0.3, 0.4) is 0 Å². The van der Waals surface area contributed by atoms with Crippen molar-refractivity contribution < 1.29 is 4.79 Å². The summed E-state index contributed by atoms with van der Waals surface area (Å²) in [4.78, 5) is 14.1. The number of carbonyl (C=O) groups is 1. The number of amides is 1. The summed E-state index contributed by atoms with van der Waals surface area (Å²) < 4.78 is 0. The van der Waals surface area contributed by atoms with E-state index in [1.54, 1.807) is 0 Å². The van der Waals surface area contributed by atoms with E-state index in [1.807, 2.05) is 36.9 Å². The number of benzene rings is 1. The van der Waals surface area contributed by atoms with E-state index in [-0.39, 0.29) is 11.9 Å². The van der Waals surface area contributed by atoms with Crippen LogP contribution in [0.1, 0.15) is 27.9 Å². The van der Waals surface area contributed by atoms with E-state index in [2.05, 4.69) is 0 Å². The Morgan fingerprint density at radius 2 is 2.19 bits per heavy atom. The van der Waals surface area contributed by atoms with Gasteiger partial charge in [-0.3, -0.25) is 4.79 Å². The zero-order valence-corrected chi connectivity index (χ0v) is 9.86. The number of nitrogens with two attached hydrogens (primary N) is 1. The van der Waals surface area contributed by atoms with Crippen LogP contribution in [-0.2, 0) is 0 Å².